The zero-order valence-electron chi connectivity index (χ0n) is 11.5. The van der Waals surface area contributed by atoms with Crippen LogP contribution >= 0.6 is 11.3 Å². The van der Waals surface area contributed by atoms with Gasteiger partial charge in [-0.15, -0.1) is 11.3 Å². The molecule has 8 nitrogen and oxygen atoms in total. The van der Waals surface area contributed by atoms with Crippen molar-refractivity contribution in [3.05, 3.63) is 41.3 Å². The average molecular weight is 320 g/mol. The Morgan fingerprint density at radius 1 is 1.23 bits per heavy atom. The molecule has 0 aromatic carbocycles. The molecule has 2 rings (SSSR count). The summed E-state index contributed by atoms with van der Waals surface area (Å²) >= 11 is 1.16. The summed E-state index contributed by atoms with van der Waals surface area (Å²) in [4.78, 5) is 42.7. The number of thiophene rings is 1. The highest BCUT2D eigenvalue weighted by molar-refractivity contribution is 7.14. The molecule has 0 bridgehead atoms. The van der Waals surface area contributed by atoms with Crippen LogP contribution in [0.5, 0.6) is 0 Å². The van der Waals surface area contributed by atoms with Crippen LogP contribution in [0.4, 0.5) is 9.80 Å². The number of hydrogen-bond donors (Lipinski definition) is 2. The number of anilines is 1. The first-order valence-corrected chi connectivity index (χ1v) is 7.11. The standard InChI is InChI=1S/C13H12N4O4S/c1-2-21-13(20)17-11(19)9-3-4-22-12(9)16-10(18)8-5-14-7-15-6-8/h3-7H,2H2,1H3,(H,16,18)(H,17,19,20). The molecule has 0 fully saturated rings. The Balaban J connectivity index is 2.08. The molecule has 0 saturated carbocycles. The summed E-state index contributed by atoms with van der Waals surface area (Å²) in [6.07, 6.45) is 3.18. The van der Waals surface area contributed by atoms with Gasteiger partial charge < -0.3 is 10.1 Å². The number of aromatic nitrogens is 2. The Kier molecular flexibility index (Phi) is 5.15. The van der Waals surface area contributed by atoms with E-state index in [0.29, 0.717) is 5.00 Å². The van der Waals surface area contributed by atoms with Gasteiger partial charge in [0.15, 0.2) is 0 Å². The second-order valence-corrected chi connectivity index (χ2v) is 4.84. The minimum Gasteiger partial charge on any atom is -0.450 e. The maximum absolute atomic E-state index is 12.0. The molecule has 2 heterocycles. The van der Waals surface area contributed by atoms with Crippen molar-refractivity contribution < 1.29 is 19.1 Å². The first-order chi connectivity index (χ1) is 10.6. The van der Waals surface area contributed by atoms with Gasteiger partial charge in [-0.1, -0.05) is 0 Å². The number of carbonyl (C=O) groups excluding carboxylic acids is 3. The van der Waals surface area contributed by atoms with E-state index in [1.807, 2.05) is 0 Å². The van der Waals surface area contributed by atoms with E-state index in [1.54, 1.807) is 12.3 Å². The molecule has 114 valence electrons. The number of alkyl carbamates (subject to hydrolysis) is 1. The van der Waals surface area contributed by atoms with Crippen LogP contribution in [0.15, 0.2) is 30.2 Å². The van der Waals surface area contributed by atoms with Crippen LogP contribution in [0, 0.1) is 0 Å². The van der Waals surface area contributed by atoms with E-state index in [-0.39, 0.29) is 17.7 Å². The quantitative estimate of drug-likeness (QED) is 0.886. The number of ether oxygens (including phenoxy) is 1. The molecule has 0 saturated heterocycles. The van der Waals surface area contributed by atoms with Gasteiger partial charge in [0.2, 0.25) is 0 Å². The lowest BCUT2D eigenvalue weighted by Crippen LogP contribution is -2.31. The van der Waals surface area contributed by atoms with Gasteiger partial charge in [0, 0.05) is 12.4 Å². The molecule has 0 aliphatic heterocycles. The van der Waals surface area contributed by atoms with Crippen molar-refractivity contribution in [2.45, 2.75) is 6.92 Å². The highest BCUT2D eigenvalue weighted by atomic mass is 32.1. The highest BCUT2D eigenvalue weighted by Gasteiger charge is 2.18. The van der Waals surface area contributed by atoms with E-state index in [2.05, 4.69) is 25.3 Å². The Labute approximate surface area is 129 Å². The number of hydrogen-bond acceptors (Lipinski definition) is 7. The number of rotatable bonds is 4. The Morgan fingerprint density at radius 3 is 2.64 bits per heavy atom. The van der Waals surface area contributed by atoms with E-state index in [0.717, 1.165) is 11.3 Å². The van der Waals surface area contributed by atoms with Crippen LogP contribution in [0.1, 0.15) is 27.6 Å². The zero-order chi connectivity index (χ0) is 15.9. The molecule has 0 spiro atoms. The summed E-state index contributed by atoms with van der Waals surface area (Å²) in [5.41, 5.74) is 0.427. The fourth-order valence-corrected chi connectivity index (χ4v) is 2.28. The van der Waals surface area contributed by atoms with Crippen LogP contribution in [0.2, 0.25) is 0 Å². The lowest BCUT2D eigenvalue weighted by molar-refractivity contribution is 0.0926. The molecular formula is C13H12N4O4S. The van der Waals surface area contributed by atoms with Crippen LogP contribution in [0.3, 0.4) is 0 Å². The van der Waals surface area contributed by atoms with Gasteiger partial charge in [-0.3, -0.25) is 14.9 Å². The van der Waals surface area contributed by atoms with Crippen LogP contribution in [-0.4, -0.2) is 34.5 Å². The molecule has 0 aliphatic rings. The lowest BCUT2D eigenvalue weighted by Gasteiger charge is -2.06. The summed E-state index contributed by atoms with van der Waals surface area (Å²) in [6, 6.07) is 1.50. The van der Waals surface area contributed by atoms with E-state index in [1.165, 1.54) is 24.8 Å². The first-order valence-electron chi connectivity index (χ1n) is 6.23. The molecule has 22 heavy (non-hydrogen) atoms. The third-order valence-corrected chi connectivity index (χ3v) is 3.28. The third-order valence-electron chi connectivity index (χ3n) is 2.45. The number of nitrogens with one attached hydrogen (secondary N) is 2. The van der Waals surface area contributed by atoms with E-state index < -0.39 is 17.9 Å². The van der Waals surface area contributed by atoms with Gasteiger partial charge in [-0.2, -0.15) is 0 Å². The summed E-state index contributed by atoms with van der Waals surface area (Å²) in [5.74, 6) is -1.10. The minimum atomic E-state index is -0.840. The van der Waals surface area contributed by atoms with Gasteiger partial charge in [-0.05, 0) is 18.4 Å². The summed E-state index contributed by atoms with van der Waals surface area (Å²) < 4.78 is 4.63. The van der Waals surface area contributed by atoms with Crippen molar-refractivity contribution in [2.75, 3.05) is 11.9 Å². The molecule has 2 N–H and O–H groups in total. The van der Waals surface area contributed by atoms with Crippen LogP contribution in [0.25, 0.3) is 0 Å². The largest absolute Gasteiger partial charge is 0.450 e. The minimum absolute atomic E-state index is 0.153. The topological polar surface area (TPSA) is 110 Å². The van der Waals surface area contributed by atoms with E-state index >= 15 is 0 Å². The van der Waals surface area contributed by atoms with Crippen LogP contribution < -0.4 is 10.6 Å². The molecular weight excluding hydrogens is 308 g/mol. The van der Waals surface area contributed by atoms with Crippen molar-refractivity contribution >= 4 is 34.2 Å². The van der Waals surface area contributed by atoms with Gasteiger partial charge >= 0.3 is 6.09 Å². The van der Waals surface area contributed by atoms with Crippen molar-refractivity contribution in [1.29, 1.82) is 0 Å². The van der Waals surface area contributed by atoms with Gasteiger partial charge in [0.05, 0.1) is 17.7 Å². The van der Waals surface area contributed by atoms with Crippen molar-refractivity contribution in [3.8, 4) is 0 Å². The highest BCUT2D eigenvalue weighted by Crippen LogP contribution is 2.23. The maximum atomic E-state index is 12.0. The number of imide groups is 1. The lowest BCUT2D eigenvalue weighted by atomic mass is 10.3. The third kappa shape index (κ3) is 3.85. The van der Waals surface area contributed by atoms with Crippen LogP contribution in [-0.2, 0) is 4.74 Å². The van der Waals surface area contributed by atoms with E-state index in [4.69, 9.17) is 0 Å². The average Bonchev–Trinajstić information content (AvgIpc) is 2.96. The fraction of sp³-hybridized carbons (Fsp3) is 0.154. The fourth-order valence-electron chi connectivity index (χ4n) is 1.50. The van der Waals surface area contributed by atoms with Crippen molar-refractivity contribution in [1.82, 2.24) is 15.3 Å². The zero-order valence-corrected chi connectivity index (χ0v) is 12.3. The van der Waals surface area contributed by atoms with Gasteiger partial charge in [-0.25, -0.2) is 14.8 Å². The Bertz CT molecular complexity index is 686. The van der Waals surface area contributed by atoms with Gasteiger partial charge in [0.1, 0.15) is 11.3 Å². The molecule has 0 atom stereocenters. The van der Waals surface area contributed by atoms with Crippen molar-refractivity contribution in [3.63, 3.8) is 0 Å². The summed E-state index contributed by atoms with van der Waals surface area (Å²) in [5, 5.41) is 6.58. The second-order valence-electron chi connectivity index (χ2n) is 3.92. The molecule has 3 amide bonds. The molecule has 0 aliphatic carbocycles. The number of amides is 3. The summed E-state index contributed by atoms with van der Waals surface area (Å²) in [7, 11) is 0. The normalized spacial score (nSPS) is 9.86. The molecule has 2 aromatic heterocycles. The Morgan fingerprint density at radius 2 is 1.95 bits per heavy atom. The summed E-state index contributed by atoms with van der Waals surface area (Å²) in [6.45, 7) is 1.78. The monoisotopic (exact) mass is 320 g/mol. The molecule has 0 radical (unpaired) electrons. The van der Waals surface area contributed by atoms with E-state index in [9.17, 15) is 14.4 Å². The Hall–Kier alpha value is -2.81. The predicted molar refractivity (Wildman–Crippen MR) is 78.8 cm³/mol. The predicted octanol–water partition coefficient (Wildman–Crippen LogP) is 1.68. The first kappa shape index (κ1) is 15.6. The smallest absolute Gasteiger partial charge is 0.414 e. The van der Waals surface area contributed by atoms with Crippen molar-refractivity contribution in [2.24, 2.45) is 0 Å². The maximum Gasteiger partial charge on any atom is 0.414 e. The molecule has 2 aromatic rings. The number of carbonyl (C=O) groups is 3. The molecule has 9 heteroatoms. The SMILES string of the molecule is CCOC(=O)NC(=O)c1ccsc1NC(=O)c1cncnc1. The van der Waals surface area contributed by atoms with Gasteiger partial charge in [0.25, 0.3) is 11.8 Å². The number of nitrogens with zero attached hydrogens (tertiary/aromatic N) is 2. The second kappa shape index (κ2) is 7.27. The molecule has 0 unspecified atom stereocenters.